The van der Waals surface area contributed by atoms with Gasteiger partial charge in [0.25, 0.3) is 0 Å². The van der Waals surface area contributed by atoms with Gasteiger partial charge in [-0.05, 0) is 31.2 Å². The number of carboxylic acid groups (broad SMARTS) is 1. The van der Waals surface area contributed by atoms with Gasteiger partial charge in [-0.2, -0.15) is 0 Å². The largest absolute Gasteiger partial charge is 0.494 e. The maximum atomic E-state index is 11.7. The molecule has 0 unspecified atom stereocenters. The minimum atomic E-state index is -1.16. The highest BCUT2D eigenvalue weighted by Gasteiger charge is 2.20. The predicted molar refractivity (Wildman–Crippen MR) is 83.9 cm³/mol. The fraction of sp³-hybridized carbons (Fsp3) is 0.125. The van der Waals surface area contributed by atoms with Crippen molar-refractivity contribution in [1.29, 1.82) is 0 Å². The van der Waals surface area contributed by atoms with Gasteiger partial charge in [-0.1, -0.05) is 18.2 Å². The van der Waals surface area contributed by atoms with E-state index in [2.05, 4.69) is 5.32 Å². The molecule has 0 spiro atoms. The number of para-hydroxylation sites is 2. The van der Waals surface area contributed by atoms with Crippen molar-refractivity contribution < 1.29 is 19.4 Å². The highest BCUT2D eigenvalue weighted by Crippen LogP contribution is 2.33. The molecule has 0 aliphatic rings. The number of ether oxygens (including phenoxy) is 1. The van der Waals surface area contributed by atoms with E-state index in [1.165, 1.54) is 0 Å². The van der Waals surface area contributed by atoms with E-state index in [-0.39, 0.29) is 0 Å². The minimum absolute atomic E-state index is 0.357. The first-order valence-corrected chi connectivity index (χ1v) is 6.72. The lowest BCUT2D eigenvalue weighted by atomic mass is 10.2. The number of benzene rings is 2. The quantitative estimate of drug-likeness (QED) is 0.801. The number of nitrogens with zero attached hydrogens (tertiary/aromatic N) is 1. The Hall–Kier alpha value is -3.02. The molecule has 0 saturated carbocycles. The Morgan fingerprint density at radius 1 is 1.27 bits per heavy atom. The zero-order chi connectivity index (χ0) is 15.9. The van der Waals surface area contributed by atoms with E-state index >= 15 is 0 Å². The summed E-state index contributed by atoms with van der Waals surface area (Å²) in [7, 11) is 0. The van der Waals surface area contributed by atoms with Crippen LogP contribution in [0.2, 0.25) is 0 Å². The first-order valence-electron chi connectivity index (χ1n) is 6.72. The van der Waals surface area contributed by atoms with E-state index in [1.807, 2.05) is 6.92 Å². The molecule has 0 radical (unpaired) electrons. The molecule has 6 heteroatoms. The van der Waals surface area contributed by atoms with Gasteiger partial charge in [-0.15, -0.1) is 0 Å². The van der Waals surface area contributed by atoms with E-state index in [0.29, 0.717) is 35.8 Å². The molecule has 6 nitrogen and oxygen atoms in total. The standard InChI is InChI=1S/C16H16N2O4/c1-2-22-13-7-5-6-12(10-13)18(16(20)21)15-9-4-3-8-14(15)17-11-19/h3-11H,2H2,1H3,(H,17,19)(H,20,21). The highest BCUT2D eigenvalue weighted by molar-refractivity contribution is 6.00. The van der Waals surface area contributed by atoms with Crippen LogP contribution in [0.3, 0.4) is 0 Å². The van der Waals surface area contributed by atoms with Crippen molar-refractivity contribution in [2.75, 3.05) is 16.8 Å². The average Bonchev–Trinajstić information content (AvgIpc) is 2.50. The summed E-state index contributed by atoms with van der Waals surface area (Å²) in [5.74, 6) is 0.576. The van der Waals surface area contributed by atoms with Crippen molar-refractivity contribution in [1.82, 2.24) is 0 Å². The van der Waals surface area contributed by atoms with Gasteiger partial charge in [0.1, 0.15) is 5.75 Å². The van der Waals surface area contributed by atoms with Crippen molar-refractivity contribution >= 4 is 29.6 Å². The Morgan fingerprint density at radius 2 is 2.05 bits per heavy atom. The Labute approximate surface area is 127 Å². The van der Waals surface area contributed by atoms with Crippen LogP contribution in [-0.2, 0) is 4.79 Å². The monoisotopic (exact) mass is 300 g/mol. The number of carbonyl (C=O) groups excluding carboxylic acids is 1. The van der Waals surface area contributed by atoms with Crippen molar-refractivity contribution in [3.63, 3.8) is 0 Å². The molecule has 2 aromatic carbocycles. The van der Waals surface area contributed by atoms with Gasteiger partial charge in [0, 0.05) is 6.07 Å². The molecule has 0 fully saturated rings. The van der Waals surface area contributed by atoms with Crippen LogP contribution in [0.25, 0.3) is 0 Å². The summed E-state index contributed by atoms with van der Waals surface area (Å²) in [6, 6.07) is 13.4. The molecule has 0 bridgehead atoms. The van der Waals surface area contributed by atoms with Gasteiger partial charge in [0.2, 0.25) is 6.41 Å². The predicted octanol–water partition coefficient (Wildman–Crippen LogP) is 3.47. The molecule has 0 saturated heterocycles. The first kappa shape index (κ1) is 15.4. The minimum Gasteiger partial charge on any atom is -0.494 e. The highest BCUT2D eigenvalue weighted by atomic mass is 16.5. The van der Waals surface area contributed by atoms with E-state index in [0.717, 1.165) is 4.90 Å². The molecule has 0 aliphatic carbocycles. The second-order valence-corrected chi connectivity index (χ2v) is 4.33. The van der Waals surface area contributed by atoms with Crippen LogP contribution in [0.4, 0.5) is 21.9 Å². The topological polar surface area (TPSA) is 78.9 Å². The number of rotatable bonds is 6. The fourth-order valence-corrected chi connectivity index (χ4v) is 2.09. The van der Waals surface area contributed by atoms with Crippen LogP contribution < -0.4 is 15.0 Å². The normalized spacial score (nSPS) is 9.86. The third kappa shape index (κ3) is 3.35. The van der Waals surface area contributed by atoms with Crippen LogP contribution in [-0.4, -0.2) is 24.2 Å². The van der Waals surface area contributed by atoms with Crippen LogP contribution in [0.5, 0.6) is 5.75 Å². The van der Waals surface area contributed by atoms with E-state index in [9.17, 15) is 14.7 Å². The Kier molecular flexibility index (Phi) is 4.98. The number of anilines is 3. The molecular formula is C16H16N2O4. The van der Waals surface area contributed by atoms with Crippen molar-refractivity contribution in [3.8, 4) is 5.75 Å². The first-order chi connectivity index (χ1) is 10.7. The van der Waals surface area contributed by atoms with Gasteiger partial charge in [0.15, 0.2) is 0 Å². The summed E-state index contributed by atoms with van der Waals surface area (Å²) < 4.78 is 5.40. The van der Waals surface area contributed by atoms with Gasteiger partial charge >= 0.3 is 6.09 Å². The smallest absolute Gasteiger partial charge is 0.416 e. The number of hydrogen-bond acceptors (Lipinski definition) is 3. The fourth-order valence-electron chi connectivity index (χ4n) is 2.09. The van der Waals surface area contributed by atoms with E-state index in [1.54, 1.807) is 48.5 Å². The lowest BCUT2D eigenvalue weighted by Crippen LogP contribution is -2.24. The van der Waals surface area contributed by atoms with Gasteiger partial charge < -0.3 is 15.2 Å². The maximum absolute atomic E-state index is 11.7. The second-order valence-electron chi connectivity index (χ2n) is 4.33. The summed E-state index contributed by atoms with van der Waals surface area (Å²) in [6.45, 7) is 2.34. The summed E-state index contributed by atoms with van der Waals surface area (Å²) in [6.07, 6.45) is -0.649. The zero-order valence-electron chi connectivity index (χ0n) is 12.0. The molecule has 0 aromatic heterocycles. The number of nitrogens with one attached hydrogen (secondary N) is 1. The summed E-state index contributed by atoms with van der Waals surface area (Å²) in [5.41, 5.74) is 1.19. The number of hydrogen-bond donors (Lipinski definition) is 2. The lowest BCUT2D eigenvalue weighted by molar-refractivity contribution is -0.105. The third-order valence-electron chi connectivity index (χ3n) is 2.94. The Bertz CT molecular complexity index is 673. The lowest BCUT2D eigenvalue weighted by Gasteiger charge is -2.22. The molecule has 0 aliphatic heterocycles. The second kappa shape index (κ2) is 7.12. The Balaban J connectivity index is 2.49. The van der Waals surface area contributed by atoms with E-state index in [4.69, 9.17) is 4.74 Å². The SMILES string of the molecule is CCOc1cccc(N(C(=O)O)c2ccccc2NC=O)c1. The van der Waals surface area contributed by atoms with Crippen LogP contribution in [0.1, 0.15) is 6.92 Å². The van der Waals surface area contributed by atoms with Crippen molar-refractivity contribution in [3.05, 3.63) is 48.5 Å². The third-order valence-corrected chi connectivity index (χ3v) is 2.94. The maximum Gasteiger partial charge on any atom is 0.416 e. The van der Waals surface area contributed by atoms with Crippen LogP contribution >= 0.6 is 0 Å². The summed E-state index contributed by atoms with van der Waals surface area (Å²) in [4.78, 5) is 23.5. The van der Waals surface area contributed by atoms with Crippen molar-refractivity contribution in [2.24, 2.45) is 0 Å². The molecule has 0 heterocycles. The number of carbonyl (C=O) groups is 2. The van der Waals surface area contributed by atoms with Crippen LogP contribution in [0, 0.1) is 0 Å². The molecule has 22 heavy (non-hydrogen) atoms. The summed E-state index contributed by atoms with van der Waals surface area (Å²) in [5, 5.41) is 12.1. The average molecular weight is 300 g/mol. The molecule has 114 valence electrons. The zero-order valence-corrected chi connectivity index (χ0v) is 12.0. The molecular weight excluding hydrogens is 284 g/mol. The molecule has 2 rings (SSSR count). The Morgan fingerprint density at radius 3 is 2.73 bits per heavy atom. The molecule has 2 amide bonds. The molecule has 2 N–H and O–H groups in total. The van der Waals surface area contributed by atoms with E-state index < -0.39 is 6.09 Å². The van der Waals surface area contributed by atoms with Gasteiger partial charge in [-0.25, -0.2) is 9.69 Å². The van der Waals surface area contributed by atoms with Crippen LogP contribution in [0.15, 0.2) is 48.5 Å². The van der Waals surface area contributed by atoms with Gasteiger partial charge in [0.05, 0.1) is 23.7 Å². The van der Waals surface area contributed by atoms with Gasteiger partial charge in [-0.3, -0.25) is 4.79 Å². The molecule has 0 atom stereocenters. The number of amides is 2. The molecule has 2 aromatic rings. The summed E-state index contributed by atoms with van der Waals surface area (Å²) >= 11 is 0. The van der Waals surface area contributed by atoms with Crippen molar-refractivity contribution in [2.45, 2.75) is 6.92 Å².